The first kappa shape index (κ1) is 92.1. The number of aliphatic hydroxyl groups is 1. The summed E-state index contributed by atoms with van der Waals surface area (Å²) < 4.78 is 0. The molecule has 624 valence electrons. The van der Waals surface area contributed by atoms with Crippen LogP contribution < -0.4 is 91.6 Å². The van der Waals surface area contributed by atoms with Gasteiger partial charge in [-0.3, -0.25) is 77.9 Å². The Balaban J connectivity index is 1.30. The molecule has 4 aromatic carbocycles. The summed E-state index contributed by atoms with van der Waals surface area (Å²) in [5, 5.41) is 66.8. The Kier molecular flexibility index (Phi) is 37.2. The first-order chi connectivity index (χ1) is 54.7. The molecule has 2 heterocycles. The van der Waals surface area contributed by atoms with Gasteiger partial charge in [-0.1, -0.05) is 98.2 Å². The largest absolute Gasteiger partial charge is 0.394 e. The van der Waals surface area contributed by atoms with E-state index in [-0.39, 0.29) is 128 Å². The SMILES string of the molecule is CC(=O)NCC(NC(C)=O)C(=O)CNCCCCC(NC(=O)C(CCCNC(=N)N)NC(=O)C(CO)NC(=O)C(Cc1c[nH]c2ccccc12)NC(=O)C(Cc1ccc(Cl)cc1)NC(=O)C(Cc1ccc2ccccc2c1)NC(C)=O)C(=O)NC(CC(C)C)C(=O)NC(CCCNC(=N)N)C(=O)N1CCCC1C(=O)NC(C)C(N)=O. The smallest absolute Gasteiger partial charge is 0.245 e. The summed E-state index contributed by atoms with van der Waals surface area (Å²) in [5.74, 6) is -11.7. The molecule has 1 saturated heterocycles. The molecule has 0 saturated carbocycles. The van der Waals surface area contributed by atoms with Crippen LogP contribution in [0.1, 0.15) is 122 Å². The molecule has 1 fully saturated rings. The van der Waals surface area contributed by atoms with Crippen molar-refractivity contribution in [2.24, 2.45) is 23.1 Å². The number of nitrogens with zero attached hydrogens (tertiary/aromatic N) is 1. The summed E-state index contributed by atoms with van der Waals surface area (Å²) in [6.45, 7) is 7.39. The van der Waals surface area contributed by atoms with Gasteiger partial charge in [0, 0.05) is 88.3 Å². The monoisotopic (exact) mass is 1620 g/mol. The average Bonchev–Trinajstić information content (AvgIpc) is 1.76. The van der Waals surface area contributed by atoms with E-state index in [0.717, 1.165) is 10.8 Å². The predicted octanol–water partition coefficient (Wildman–Crippen LogP) is -1.58. The summed E-state index contributed by atoms with van der Waals surface area (Å²) in [4.78, 5) is 198. The van der Waals surface area contributed by atoms with Crippen molar-refractivity contribution in [2.75, 3.05) is 45.9 Å². The predicted molar refractivity (Wildman–Crippen MR) is 430 cm³/mol. The lowest BCUT2D eigenvalue weighted by Gasteiger charge is -2.31. The maximum Gasteiger partial charge on any atom is 0.245 e. The lowest BCUT2D eigenvalue weighted by molar-refractivity contribution is -0.142. The van der Waals surface area contributed by atoms with Crippen LogP contribution in [0, 0.1) is 16.7 Å². The van der Waals surface area contributed by atoms with Crippen LogP contribution in [0.5, 0.6) is 0 Å². The molecule has 24 N–H and O–H groups in total. The topological polar surface area (TPSA) is 572 Å². The van der Waals surface area contributed by atoms with Crippen LogP contribution in [0.2, 0.25) is 5.02 Å². The number of likely N-dealkylation sites (tertiary alicyclic amines) is 1. The van der Waals surface area contributed by atoms with Gasteiger partial charge in [-0.05, 0) is 129 Å². The number of nitrogens with two attached hydrogens (primary N) is 3. The average molecular weight is 1620 g/mol. The number of primary amides is 1. The van der Waals surface area contributed by atoms with Crippen LogP contribution in [0.25, 0.3) is 21.7 Å². The van der Waals surface area contributed by atoms with Gasteiger partial charge in [-0.15, -0.1) is 0 Å². The molecule has 11 atom stereocenters. The molecule has 1 aliphatic rings. The zero-order chi connectivity index (χ0) is 84.4. The van der Waals surface area contributed by atoms with E-state index in [1.807, 2.05) is 42.5 Å². The van der Waals surface area contributed by atoms with Gasteiger partial charge >= 0.3 is 0 Å². The fraction of sp³-hybridized carbons (Fsp3) is 0.487. The van der Waals surface area contributed by atoms with Gasteiger partial charge in [-0.25, -0.2) is 0 Å². The van der Waals surface area contributed by atoms with Crippen molar-refractivity contribution in [3.63, 3.8) is 0 Å². The maximum absolute atomic E-state index is 15.1. The van der Waals surface area contributed by atoms with E-state index in [1.165, 1.54) is 32.6 Å². The lowest BCUT2D eigenvalue weighted by Crippen LogP contribution is -2.61. The van der Waals surface area contributed by atoms with Crippen LogP contribution >= 0.6 is 11.6 Å². The maximum atomic E-state index is 15.1. The number of aliphatic hydroxyl groups excluding tert-OH is 1. The number of H-pyrrole nitrogens is 1. The number of fused-ring (bicyclic) bond motifs is 2. The zero-order valence-electron chi connectivity index (χ0n) is 65.5. The molecule has 0 radical (unpaired) electrons. The zero-order valence-corrected chi connectivity index (χ0v) is 66.3. The second kappa shape index (κ2) is 46.4. The van der Waals surface area contributed by atoms with E-state index in [9.17, 15) is 53.1 Å². The van der Waals surface area contributed by atoms with Crippen LogP contribution in [0.4, 0.5) is 0 Å². The van der Waals surface area contributed by atoms with Crippen LogP contribution in [-0.4, -0.2) is 222 Å². The highest BCUT2D eigenvalue weighted by molar-refractivity contribution is 6.30. The number of hydrogen-bond acceptors (Lipinski definition) is 18. The van der Waals surface area contributed by atoms with Crippen molar-refractivity contribution in [3.05, 3.63) is 119 Å². The number of Topliss-reactive ketones (excluding diaryl/α,β-unsaturated/α-hetero) is 1. The van der Waals surface area contributed by atoms with Gasteiger partial charge in [0.1, 0.15) is 66.5 Å². The Bertz CT molecular complexity index is 4260. The highest BCUT2D eigenvalue weighted by Crippen LogP contribution is 2.24. The number of aromatic amines is 1. The quantitative estimate of drug-likeness (QED) is 0.0119. The first-order valence-electron chi connectivity index (χ1n) is 38.3. The standard InChI is InChI=1S/C78H110ClN21O15/c1-43(2)34-59(70(109)95-58(22-14-32-87-78(83)84)76(115)100-33-15-23-65(100)75(114)90-44(3)67(80)106)96-69(108)56(20-11-12-30-85-41-66(105)63(92-47(6)104)40-88-45(4)102)93-68(107)57(21-13-31-86-77(81)82)94-74(113)64(42-101)99-73(112)62(38-52-39-89-55-19-10-9-18-54(52)55)98-72(111)61(36-48-25-28-53(79)29-26-48)97-71(110)60(91-46(5)103)37-49-24-27-50-16-7-8-17-51(50)35-49/h7-10,16-19,24-29,35,39,43-44,56-65,85,89,101H,11-15,20-23,30-34,36-38,40-42H2,1-6H3,(H2,80,106)(H,88,102)(H,90,114)(H,91,103)(H,92,104)(H,93,107)(H,94,113)(H,95,109)(H,96,108)(H,97,110)(H,98,111)(H,99,112)(H4,81,82,86)(H4,83,84,87). The number of aromatic nitrogens is 1. The minimum Gasteiger partial charge on any atom is -0.394 e. The normalized spacial score (nSPS) is 15.1. The second-order valence-electron chi connectivity index (χ2n) is 28.9. The molecule has 0 spiro atoms. The first-order valence-corrected chi connectivity index (χ1v) is 38.7. The molecular formula is C78H110ClN21O15. The highest BCUT2D eigenvalue weighted by atomic mass is 35.5. The number of halogens is 1. The van der Waals surface area contributed by atoms with Crippen LogP contribution in [0.15, 0.2) is 97.2 Å². The van der Waals surface area contributed by atoms with E-state index in [2.05, 4.69) is 79.4 Å². The number of rotatable bonds is 47. The van der Waals surface area contributed by atoms with Crippen molar-refractivity contribution in [2.45, 2.75) is 191 Å². The minimum atomic E-state index is -1.87. The molecule has 6 rings (SSSR count). The number of carbonyl (C=O) groups excluding carboxylic acids is 14. The summed E-state index contributed by atoms with van der Waals surface area (Å²) >= 11 is 6.28. The molecule has 11 unspecified atom stereocenters. The van der Waals surface area contributed by atoms with Crippen molar-refractivity contribution in [1.29, 1.82) is 10.8 Å². The number of carbonyl (C=O) groups is 14. The van der Waals surface area contributed by atoms with E-state index in [4.69, 9.17) is 39.6 Å². The van der Waals surface area contributed by atoms with Gasteiger partial charge in [0.15, 0.2) is 17.7 Å². The summed E-state index contributed by atoms with van der Waals surface area (Å²) in [5.41, 5.74) is 19.0. The Morgan fingerprint density at radius 2 is 1.02 bits per heavy atom. The third kappa shape index (κ3) is 30.9. The number of nitrogens with one attached hydrogen (secondary N) is 17. The summed E-state index contributed by atoms with van der Waals surface area (Å²) in [7, 11) is 0. The van der Waals surface area contributed by atoms with Crippen molar-refractivity contribution >= 4 is 128 Å². The van der Waals surface area contributed by atoms with E-state index < -0.39 is 162 Å². The number of guanidine groups is 2. The van der Waals surface area contributed by atoms with Gasteiger partial charge in [0.05, 0.1) is 13.2 Å². The van der Waals surface area contributed by atoms with Crippen LogP contribution in [-0.2, 0) is 86.4 Å². The van der Waals surface area contributed by atoms with E-state index in [1.54, 1.807) is 68.6 Å². The van der Waals surface area contributed by atoms with E-state index in [0.29, 0.717) is 39.0 Å². The minimum absolute atomic E-state index is 0.0134. The highest BCUT2D eigenvalue weighted by Gasteiger charge is 2.41. The van der Waals surface area contributed by atoms with Gasteiger partial charge < -0.3 is 107 Å². The molecule has 0 bridgehead atoms. The summed E-state index contributed by atoms with van der Waals surface area (Å²) in [6, 6.07) is 11.5. The molecule has 1 aromatic heterocycles. The number of unbranched alkanes of at least 4 members (excludes halogenated alkanes) is 1. The molecule has 13 amide bonds. The van der Waals surface area contributed by atoms with Crippen molar-refractivity contribution < 1.29 is 72.2 Å². The van der Waals surface area contributed by atoms with E-state index >= 15 is 19.2 Å². The number of ketones is 1. The number of amides is 13. The lowest BCUT2D eigenvalue weighted by atomic mass is 9.99. The molecule has 37 heteroatoms. The Morgan fingerprint density at radius 3 is 1.61 bits per heavy atom. The van der Waals surface area contributed by atoms with Crippen LogP contribution in [0.3, 0.4) is 0 Å². The van der Waals surface area contributed by atoms with Crippen molar-refractivity contribution in [3.8, 4) is 0 Å². The molecular weight excluding hydrogens is 1510 g/mol. The molecule has 1 aliphatic heterocycles. The van der Waals surface area contributed by atoms with Crippen molar-refractivity contribution in [1.82, 2.24) is 84.3 Å². The fourth-order valence-electron chi connectivity index (χ4n) is 13.1. The number of para-hydroxylation sites is 1. The third-order valence-corrected chi connectivity index (χ3v) is 19.3. The molecule has 0 aliphatic carbocycles. The van der Waals surface area contributed by atoms with Gasteiger partial charge in [0.2, 0.25) is 76.8 Å². The molecule has 5 aromatic rings. The number of hydrogen-bond donors (Lipinski definition) is 21. The van der Waals surface area contributed by atoms with Gasteiger partial charge in [0.25, 0.3) is 0 Å². The molecule has 36 nitrogen and oxygen atoms in total. The second-order valence-corrected chi connectivity index (χ2v) is 29.3. The third-order valence-electron chi connectivity index (χ3n) is 19.0. The Hall–Kier alpha value is -11.8. The number of benzene rings is 4. The molecule has 115 heavy (non-hydrogen) atoms. The summed E-state index contributed by atoms with van der Waals surface area (Å²) in [6.07, 6.45) is 1.85. The Labute approximate surface area is 671 Å². The Morgan fingerprint density at radius 1 is 0.522 bits per heavy atom. The van der Waals surface area contributed by atoms with Gasteiger partial charge in [-0.2, -0.15) is 0 Å². The fourth-order valence-corrected chi connectivity index (χ4v) is 13.2.